The van der Waals surface area contributed by atoms with Gasteiger partial charge in [0.1, 0.15) is 5.82 Å². The Kier molecular flexibility index (Phi) is 6.87. The van der Waals surface area contributed by atoms with Gasteiger partial charge in [0.05, 0.1) is 25.5 Å². The fourth-order valence-corrected chi connectivity index (χ4v) is 2.69. The van der Waals surface area contributed by atoms with Crippen molar-refractivity contribution in [1.29, 1.82) is 0 Å². The maximum atomic E-state index is 13.7. The van der Waals surface area contributed by atoms with Gasteiger partial charge in [0.2, 0.25) is 0 Å². The second-order valence-electron chi connectivity index (χ2n) is 4.35. The maximum absolute atomic E-state index is 13.7. The van der Waals surface area contributed by atoms with Gasteiger partial charge >= 0.3 is 8.60 Å². The largest absolute Gasteiger partial charge is 0.333 e. The summed E-state index contributed by atoms with van der Waals surface area (Å²) in [7, 11) is -1.34. The zero-order valence-corrected chi connectivity index (χ0v) is 13.6. The first-order valence-electron chi connectivity index (χ1n) is 7.13. The lowest BCUT2D eigenvalue weighted by Gasteiger charge is -2.14. The Hall–Kier alpha value is -1.39. The second kappa shape index (κ2) is 8.91. The van der Waals surface area contributed by atoms with E-state index in [4.69, 9.17) is 13.6 Å². The highest BCUT2D eigenvalue weighted by atomic mass is 31.2. The molecule has 6 heteroatoms. The first kappa shape index (κ1) is 17.0. The number of hydrogen-bond donors (Lipinski definition) is 0. The van der Waals surface area contributed by atoms with Gasteiger partial charge in [0, 0.05) is 17.3 Å². The summed E-state index contributed by atoms with van der Waals surface area (Å²) in [5, 5.41) is 0. The molecule has 0 amide bonds. The Morgan fingerprint density at radius 1 is 1.00 bits per heavy atom. The standard InChI is InChI=1S/C16H19FNO3P/c1-3-19-22(20-4-2)21-12-14-10-9-13(11-18-14)15-7-5-6-8-16(15)17/h5-11H,3-4,12H2,1-2H3. The molecule has 2 rings (SSSR count). The number of benzene rings is 1. The normalized spacial score (nSPS) is 11.1. The molecule has 22 heavy (non-hydrogen) atoms. The topological polar surface area (TPSA) is 40.6 Å². The van der Waals surface area contributed by atoms with Crippen molar-refractivity contribution in [3.63, 3.8) is 0 Å². The highest BCUT2D eigenvalue weighted by Gasteiger charge is 2.11. The van der Waals surface area contributed by atoms with E-state index in [0.29, 0.717) is 25.4 Å². The number of rotatable bonds is 8. The molecule has 0 saturated heterocycles. The smallest absolute Gasteiger partial charge is 0.313 e. The van der Waals surface area contributed by atoms with Crippen LogP contribution in [0.1, 0.15) is 19.5 Å². The van der Waals surface area contributed by atoms with E-state index < -0.39 is 8.60 Å². The lowest BCUT2D eigenvalue weighted by atomic mass is 10.1. The van der Waals surface area contributed by atoms with Crippen LogP contribution in [0.15, 0.2) is 42.6 Å². The Morgan fingerprint density at radius 2 is 1.73 bits per heavy atom. The third kappa shape index (κ3) is 4.82. The van der Waals surface area contributed by atoms with Crippen LogP contribution in [0.4, 0.5) is 4.39 Å². The maximum Gasteiger partial charge on any atom is 0.333 e. The zero-order valence-electron chi connectivity index (χ0n) is 12.7. The molecule has 0 bridgehead atoms. The predicted octanol–water partition coefficient (Wildman–Crippen LogP) is 4.70. The van der Waals surface area contributed by atoms with Crippen molar-refractivity contribution in [3.05, 3.63) is 54.1 Å². The van der Waals surface area contributed by atoms with Crippen molar-refractivity contribution < 1.29 is 18.0 Å². The van der Waals surface area contributed by atoms with Crippen molar-refractivity contribution in [3.8, 4) is 11.1 Å². The van der Waals surface area contributed by atoms with E-state index in [1.165, 1.54) is 6.07 Å². The zero-order chi connectivity index (χ0) is 15.8. The molecule has 1 aromatic heterocycles. The summed E-state index contributed by atoms with van der Waals surface area (Å²) in [4.78, 5) is 4.30. The molecule has 0 N–H and O–H groups in total. The summed E-state index contributed by atoms with van der Waals surface area (Å²) in [6.07, 6.45) is 1.64. The minimum Gasteiger partial charge on any atom is -0.313 e. The molecule has 0 aliphatic carbocycles. The molecule has 0 saturated carbocycles. The molecule has 0 aliphatic rings. The van der Waals surface area contributed by atoms with Gasteiger partial charge < -0.3 is 13.6 Å². The van der Waals surface area contributed by atoms with Gasteiger partial charge in [-0.15, -0.1) is 0 Å². The van der Waals surface area contributed by atoms with Crippen LogP contribution < -0.4 is 0 Å². The molecule has 0 atom stereocenters. The van der Waals surface area contributed by atoms with Gasteiger partial charge in [0.15, 0.2) is 0 Å². The third-order valence-corrected chi connectivity index (χ3v) is 4.07. The van der Waals surface area contributed by atoms with Crippen LogP contribution >= 0.6 is 8.60 Å². The van der Waals surface area contributed by atoms with Crippen molar-refractivity contribution >= 4 is 8.60 Å². The van der Waals surface area contributed by atoms with Crippen LogP contribution in [0.25, 0.3) is 11.1 Å². The van der Waals surface area contributed by atoms with Crippen LogP contribution in [0, 0.1) is 5.82 Å². The summed E-state index contributed by atoms with van der Waals surface area (Å²) in [6.45, 7) is 5.14. The molecule has 1 aromatic carbocycles. The lowest BCUT2D eigenvalue weighted by molar-refractivity contribution is 0.163. The Balaban J connectivity index is 1.99. The average Bonchev–Trinajstić information content (AvgIpc) is 2.54. The summed E-state index contributed by atoms with van der Waals surface area (Å²) >= 11 is 0. The highest BCUT2D eigenvalue weighted by Crippen LogP contribution is 2.40. The van der Waals surface area contributed by atoms with Crippen LogP contribution in [-0.2, 0) is 20.2 Å². The quantitative estimate of drug-likeness (QED) is 0.660. The van der Waals surface area contributed by atoms with Gasteiger partial charge in [-0.2, -0.15) is 0 Å². The molecule has 0 aliphatic heterocycles. The molecule has 0 fully saturated rings. The molecule has 118 valence electrons. The third-order valence-electron chi connectivity index (χ3n) is 2.80. The molecule has 0 spiro atoms. The van der Waals surface area contributed by atoms with Crippen LogP contribution in [0.5, 0.6) is 0 Å². The SMILES string of the molecule is CCOP(OCC)OCc1ccc(-c2ccccc2F)cn1. The van der Waals surface area contributed by atoms with Gasteiger partial charge in [-0.3, -0.25) is 4.98 Å². The molecular weight excluding hydrogens is 304 g/mol. The van der Waals surface area contributed by atoms with Crippen molar-refractivity contribution in [2.75, 3.05) is 13.2 Å². The summed E-state index contributed by atoms with van der Waals surface area (Å²) < 4.78 is 30.0. The van der Waals surface area contributed by atoms with Crippen molar-refractivity contribution in [2.24, 2.45) is 0 Å². The van der Waals surface area contributed by atoms with Gasteiger partial charge in [-0.25, -0.2) is 4.39 Å². The predicted molar refractivity (Wildman–Crippen MR) is 84.6 cm³/mol. The minimum atomic E-state index is -1.34. The van der Waals surface area contributed by atoms with E-state index in [-0.39, 0.29) is 5.82 Å². The Labute approximate surface area is 131 Å². The number of aromatic nitrogens is 1. The van der Waals surface area contributed by atoms with E-state index in [0.717, 1.165) is 11.3 Å². The van der Waals surface area contributed by atoms with E-state index in [2.05, 4.69) is 4.98 Å². The molecule has 4 nitrogen and oxygen atoms in total. The van der Waals surface area contributed by atoms with Crippen molar-refractivity contribution in [2.45, 2.75) is 20.5 Å². The molecule has 0 radical (unpaired) electrons. The molecule has 2 aromatic rings. The first-order chi connectivity index (χ1) is 10.7. The van der Waals surface area contributed by atoms with Gasteiger partial charge in [-0.05, 0) is 26.0 Å². The van der Waals surface area contributed by atoms with Gasteiger partial charge in [-0.1, -0.05) is 24.3 Å². The lowest BCUT2D eigenvalue weighted by Crippen LogP contribution is -1.98. The molecular formula is C16H19FNO3P. The summed E-state index contributed by atoms with van der Waals surface area (Å²) in [5.74, 6) is -0.260. The Morgan fingerprint density at radius 3 is 2.32 bits per heavy atom. The van der Waals surface area contributed by atoms with Crippen LogP contribution in [0.2, 0.25) is 0 Å². The minimum absolute atomic E-state index is 0.260. The van der Waals surface area contributed by atoms with Crippen molar-refractivity contribution in [1.82, 2.24) is 4.98 Å². The fourth-order valence-electron chi connectivity index (χ4n) is 1.81. The monoisotopic (exact) mass is 323 g/mol. The molecule has 0 unspecified atom stereocenters. The first-order valence-corrected chi connectivity index (χ1v) is 8.22. The molecule has 1 heterocycles. The van der Waals surface area contributed by atoms with Gasteiger partial charge in [0.25, 0.3) is 0 Å². The van der Waals surface area contributed by atoms with Crippen LogP contribution in [0.3, 0.4) is 0 Å². The summed E-state index contributed by atoms with van der Waals surface area (Å²) in [6, 6.07) is 10.3. The fraction of sp³-hybridized carbons (Fsp3) is 0.312. The number of nitrogens with zero attached hydrogens (tertiary/aromatic N) is 1. The van der Waals surface area contributed by atoms with E-state index in [9.17, 15) is 4.39 Å². The number of halogens is 1. The number of hydrogen-bond acceptors (Lipinski definition) is 4. The van der Waals surface area contributed by atoms with E-state index in [1.807, 2.05) is 26.0 Å². The average molecular weight is 323 g/mol. The second-order valence-corrected chi connectivity index (χ2v) is 5.57. The summed E-state index contributed by atoms with van der Waals surface area (Å²) in [5.41, 5.74) is 2.01. The number of pyridine rings is 1. The Bertz CT molecular complexity index is 574. The van der Waals surface area contributed by atoms with Crippen LogP contribution in [-0.4, -0.2) is 18.2 Å². The van der Waals surface area contributed by atoms with E-state index >= 15 is 0 Å². The highest BCUT2D eigenvalue weighted by molar-refractivity contribution is 7.41. The van der Waals surface area contributed by atoms with E-state index in [1.54, 1.807) is 24.4 Å².